The summed E-state index contributed by atoms with van der Waals surface area (Å²) in [6.07, 6.45) is 0. The zero-order chi connectivity index (χ0) is 18.5. The fraction of sp³-hybridized carbons (Fsp3) is 0.0588. The van der Waals surface area contributed by atoms with Gasteiger partial charge in [-0.15, -0.1) is 5.10 Å². The number of H-pyrrole nitrogens is 1. The van der Waals surface area contributed by atoms with Crippen molar-refractivity contribution in [3.8, 4) is 17.5 Å². The number of thioether (sulfide) groups is 1. The largest absolute Gasteiger partial charge is 0.324 e. The number of nitrogens with zero attached hydrogens (tertiary/aromatic N) is 3. The SMILES string of the molecule is N#Cc1ccc(Cl)cc1NC(=O)CSc1n[nH]c(-c2ccccc2F)n1. The maximum Gasteiger partial charge on any atom is 0.234 e. The molecule has 130 valence electrons. The van der Waals surface area contributed by atoms with Gasteiger partial charge < -0.3 is 5.32 Å². The minimum absolute atomic E-state index is 0.0198. The Hall–Kier alpha value is -2.89. The van der Waals surface area contributed by atoms with Crippen LogP contribution in [0.5, 0.6) is 0 Å². The molecule has 0 saturated heterocycles. The first-order valence-corrected chi connectivity index (χ1v) is 8.73. The number of anilines is 1. The van der Waals surface area contributed by atoms with Crippen LogP contribution in [0.1, 0.15) is 5.56 Å². The smallest absolute Gasteiger partial charge is 0.234 e. The summed E-state index contributed by atoms with van der Waals surface area (Å²) in [6.45, 7) is 0. The Bertz CT molecular complexity index is 1000. The normalized spacial score (nSPS) is 10.3. The molecule has 1 aromatic heterocycles. The fourth-order valence-corrected chi connectivity index (χ4v) is 2.89. The Kier molecular flexibility index (Phi) is 5.51. The Labute approximate surface area is 157 Å². The van der Waals surface area contributed by atoms with Crippen LogP contribution in [0.3, 0.4) is 0 Å². The van der Waals surface area contributed by atoms with Crippen molar-refractivity contribution in [1.29, 1.82) is 5.26 Å². The molecule has 0 aliphatic rings. The highest BCUT2D eigenvalue weighted by Crippen LogP contribution is 2.23. The molecule has 0 fully saturated rings. The van der Waals surface area contributed by atoms with Crippen molar-refractivity contribution in [1.82, 2.24) is 15.2 Å². The number of halogens is 2. The van der Waals surface area contributed by atoms with Gasteiger partial charge in [0.25, 0.3) is 0 Å². The molecule has 26 heavy (non-hydrogen) atoms. The highest BCUT2D eigenvalue weighted by Gasteiger charge is 2.13. The van der Waals surface area contributed by atoms with E-state index in [0.717, 1.165) is 11.8 Å². The van der Waals surface area contributed by atoms with E-state index in [1.165, 1.54) is 18.2 Å². The molecule has 0 aliphatic heterocycles. The molecule has 9 heteroatoms. The molecule has 0 radical (unpaired) electrons. The number of nitriles is 1. The lowest BCUT2D eigenvalue weighted by Crippen LogP contribution is -2.15. The average Bonchev–Trinajstić information content (AvgIpc) is 3.09. The van der Waals surface area contributed by atoms with E-state index in [-0.39, 0.29) is 17.5 Å². The maximum atomic E-state index is 13.7. The molecule has 0 unspecified atom stereocenters. The first kappa shape index (κ1) is 17.9. The highest BCUT2D eigenvalue weighted by molar-refractivity contribution is 7.99. The average molecular weight is 388 g/mol. The first-order valence-electron chi connectivity index (χ1n) is 7.36. The number of rotatable bonds is 5. The van der Waals surface area contributed by atoms with Gasteiger partial charge in [-0.3, -0.25) is 9.89 Å². The standard InChI is InChI=1S/C17H11ClFN5OS/c18-11-6-5-10(8-20)14(7-11)21-15(25)9-26-17-22-16(23-24-17)12-3-1-2-4-13(12)19/h1-7H,9H2,(H,21,25)(H,22,23,24). The Balaban J connectivity index is 1.63. The number of aromatic amines is 1. The third-order valence-electron chi connectivity index (χ3n) is 3.30. The van der Waals surface area contributed by atoms with Crippen molar-refractivity contribution in [3.63, 3.8) is 0 Å². The molecule has 2 N–H and O–H groups in total. The summed E-state index contributed by atoms with van der Waals surface area (Å²) in [5.74, 6) is -0.451. The van der Waals surface area contributed by atoms with Gasteiger partial charge in [0.15, 0.2) is 5.82 Å². The van der Waals surface area contributed by atoms with Gasteiger partial charge in [0.05, 0.1) is 22.6 Å². The second-order valence-corrected chi connectivity index (χ2v) is 6.46. The molecule has 0 aliphatic carbocycles. The van der Waals surface area contributed by atoms with E-state index in [4.69, 9.17) is 16.9 Å². The van der Waals surface area contributed by atoms with Gasteiger partial charge >= 0.3 is 0 Å². The number of carbonyl (C=O) groups excluding carboxylic acids is 1. The minimum Gasteiger partial charge on any atom is -0.324 e. The number of benzene rings is 2. The summed E-state index contributed by atoms with van der Waals surface area (Å²) in [6, 6.07) is 12.8. The van der Waals surface area contributed by atoms with Gasteiger partial charge in [0.2, 0.25) is 11.1 Å². The summed E-state index contributed by atoms with van der Waals surface area (Å²) in [5, 5.41) is 19.0. The fourth-order valence-electron chi connectivity index (χ4n) is 2.12. The molecule has 2 aromatic carbocycles. The van der Waals surface area contributed by atoms with Crippen LogP contribution >= 0.6 is 23.4 Å². The van der Waals surface area contributed by atoms with Crippen LogP contribution in [0.15, 0.2) is 47.6 Å². The molecule has 0 atom stereocenters. The third kappa shape index (κ3) is 4.20. The molecule has 6 nitrogen and oxygen atoms in total. The third-order valence-corrected chi connectivity index (χ3v) is 4.38. The first-order chi connectivity index (χ1) is 12.6. The number of hydrogen-bond acceptors (Lipinski definition) is 5. The Morgan fingerprint density at radius 3 is 2.92 bits per heavy atom. The number of carbonyl (C=O) groups is 1. The number of amides is 1. The minimum atomic E-state index is -0.414. The highest BCUT2D eigenvalue weighted by atomic mass is 35.5. The summed E-state index contributed by atoms with van der Waals surface area (Å²) in [5.41, 5.74) is 0.953. The molecule has 3 aromatic rings. The van der Waals surface area contributed by atoms with Crippen LogP contribution < -0.4 is 5.32 Å². The quantitative estimate of drug-likeness (QED) is 0.648. The topological polar surface area (TPSA) is 94.5 Å². The number of hydrogen-bond donors (Lipinski definition) is 2. The molecule has 0 spiro atoms. The number of nitrogens with one attached hydrogen (secondary N) is 2. The number of aromatic nitrogens is 3. The van der Waals surface area contributed by atoms with Gasteiger partial charge in [0, 0.05) is 5.02 Å². The molecular weight excluding hydrogens is 377 g/mol. The van der Waals surface area contributed by atoms with E-state index < -0.39 is 5.82 Å². The van der Waals surface area contributed by atoms with Crippen molar-refractivity contribution in [2.24, 2.45) is 0 Å². The van der Waals surface area contributed by atoms with E-state index in [1.54, 1.807) is 24.3 Å². The summed E-state index contributed by atoms with van der Waals surface area (Å²) < 4.78 is 13.7. The zero-order valence-electron chi connectivity index (χ0n) is 13.2. The van der Waals surface area contributed by atoms with E-state index in [2.05, 4.69) is 20.5 Å². The molecule has 1 heterocycles. The van der Waals surface area contributed by atoms with Gasteiger partial charge in [0.1, 0.15) is 11.9 Å². The predicted octanol–water partition coefficient (Wildman–Crippen LogP) is 3.87. The molecular formula is C17H11ClFN5OS. The maximum absolute atomic E-state index is 13.7. The predicted molar refractivity (Wildman–Crippen MR) is 97.3 cm³/mol. The lowest BCUT2D eigenvalue weighted by molar-refractivity contribution is -0.113. The van der Waals surface area contributed by atoms with Crippen LogP contribution in [0.4, 0.5) is 10.1 Å². The van der Waals surface area contributed by atoms with E-state index >= 15 is 0 Å². The van der Waals surface area contributed by atoms with Gasteiger partial charge in [-0.25, -0.2) is 9.37 Å². The second kappa shape index (κ2) is 7.99. The van der Waals surface area contributed by atoms with Crippen LogP contribution in [0.25, 0.3) is 11.4 Å². The Morgan fingerprint density at radius 2 is 2.15 bits per heavy atom. The molecule has 1 amide bonds. The van der Waals surface area contributed by atoms with E-state index in [0.29, 0.717) is 27.0 Å². The molecule has 3 rings (SSSR count). The zero-order valence-corrected chi connectivity index (χ0v) is 14.7. The summed E-state index contributed by atoms with van der Waals surface area (Å²) in [4.78, 5) is 16.3. The van der Waals surface area contributed by atoms with Gasteiger partial charge in [-0.2, -0.15) is 5.26 Å². The van der Waals surface area contributed by atoms with Crippen molar-refractivity contribution in [2.75, 3.05) is 11.1 Å². The van der Waals surface area contributed by atoms with Crippen LogP contribution in [0.2, 0.25) is 5.02 Å². The van der Waals surface area contributed by atoms with Crippen molar-refractivity contribution < 1.29 is 9.18 Å². The van der Waals surface area contributed by atoms with Crippen LogP contribution in [0, 0.1) is 17.1 Å². The van der Waals surface area contributed by atoms with Crippen molar-refractivity contribution in [2.45, 2.75) is 5.16 Å². The summed E-state index contributed by atoms with van der Waals surface area (Å²) in [7, 11) is 0. The van der Waals surface area contributed by atoms with Crippen LogP contribution in [-0.4, -0.2) is 26.8 Å². The second-order valence-electron chi connectivity index (χ2n) is 5.08. The summed E-state index contributed by atoms with van der Waals surface area (Å²) >= 11 is 6.97. The molecule has 0 bridgehead atoms. The van der Waals surface area contributed by atoms with E-state index in [9.17, 15) is 9.18 Å². The van der Waals surface area contributed by atoms with Crippen LogP contribution in [-0.2, 0) is 4.79 Å². The molecule has 0 saturated carbocycles. The lowest BCUT2D eigenvalue weighted by atomic mass is 10.2. The lowest BCUT2D eigenvalue weighted by Gasteiger charge is -2.06. The van der Waals surface area contributed by atoms with Crippen molar-refractivity contribution >= 4 is 35.0 Å². The van der Waals surface area contributed by atoms with E-state index in [1.807, 2.05) is 6.07 Å². The van der Waals surface area contributed by atoms with Crippen molar-refractivity contribution in [3.05, 3.63) is 58.9 Å². The Morgan fingerprint density at radius 1 is 1.35 bits per heavy atom. The van der Waals surface area contributed by atoms with Gasteiger partial charge in [-0.05, 0) is 30.3 Å². The monoisotopic (exact) mass is 387 g/mol. The van der Waals surface area contributed by atoms with Gasteiger partial charge in [-0.1, -0.05) is 35.5 Å².